The first-order valence-corrected chi connectivity index (χ1v) is 9.17. The highest BCUT2D eigenvalue weighted by Gasteiger charge is 2.27. The van der Waals surface area contributed by atoms with Crippen LogP contribution in [0.1, 0.15) is 43.3 Å². The largest absolute Gasteiger partial charge is 0.346 e. The molecule has 0 aromatic carbocycles. The van der Waals surface area contributed by atoms with Gasteiger partial charge in [0.05, 0.1) is 5.69 Å². The van der Waals surface area contributed by atoms with Gasteiger partial charge in [-0.15, -0.1) is 11.3 Å². The second-order valence-electron chi connectivity index (χ2n) is 6.46. The first-order chi connectivity index (χ1) is 10.2. The van der Waals surface area contributed by atoms with Crippen LogP contribution in [-0.4, -0.2) is 49.2 Å². The van der Waals surface area contributed by atoms with Crippen molar-refractivity contribution in [1.82, 2.24) is 15.2 Å². The van der Waals surface area contributed by atoms with E-state index in [9.17, 15) is 0 Å². The molecule has 1 saturated heterocycles. The molecule has 118 valence electrons. The number of anilines is 1. The molecule has 1 atom stereocenters. The highest BCUT2D eigenvalue weighted by molar-refractivity contribution is 7.15. The Morgan fingerprint density at radius 1 is 1.29 bits per heavy atom. The molecule has 0 spiro atoms. The summed E-state index contributed by atoms with van der Waals surface area (Å²) in [6.45, 7) is 13.5. The number of piperazine rings is 1. The van der Waals surface area contributed by atoms with E-state index in [1.54, 1.807) is 0 Å². The fourth-order valence-electron chi connectivity index (χ4n) is 3.12. The lowest BCUT2D eigenvalue weighted by Crippen LogP contribution is -2.47. The molecule has 21 heavy (non-hydrogen) atoms. The van der Waals surface area contributed by atoms with Gasteiger partial charge in [-0.05, 0) is 39.2 Å². The molecule has 2 fully saturated rings. The van der Waals surface area contributed by atoms with Crippen molar-refractivity contribution in [1.29, 1.82) is 0 Å². The van der Waals surface area contributed by atoms with Crippen LogP contribution in [-0.2, 0) is 0 Å². The summed E-state index contributed by atoms with van der Waals surface area (Å²) < 4.78 is 0. The van der Waals surface area contributed by atoms with Gasteiger partial charge in [-0.25, -0.2) is 4.98 Å². The zero-order valence-electron chi connectivity index (χ0n) is 13.6. The zero-order chi connectivity index (χ0) is 14.8. The number of aryl methyl sites for hydroxylation is 1. The fourth-order valence-corrected chi connectivity index (χ4v) is 4.26. The number of aromatic nitrogens is 1. The van der Waals surface area contributed by atoms with E-state index in [4.69, 9.17) is 4.98 Å². The third-order valence-electron chi connectivity index (χ3n) is 4.58. The molecule has 1 aliphatic heterocycles. The number of thiazole rings is 1. The van der Waals surface area contributed by atoms with Gasteiger partial charge in [-0.1, -0.05) is 6.92 Å². The number of rotatable bonds is 6. The number of nitrogens with one attached hydrogen (secondary N) is 1. The Labute approximate surface area is 132 Å². The minimum absolute atomic E-state index is 0.414. The zero-order valence-corrected chi connectivity index (χ0v) is 14.4. The van der Waals surface area contributed by atoms with Crippen molar-refractivity contribution >= 4 is 16.5 Å². The molecule has 0 bridgehead atoms. The molecule has 0 radical (unpaired) electrons. The summed E-state index contributed by atoms with van der Waals surface area (Å²) in [7, 11) is 0. The van der Waals surface area contributed by atoms with Gasteiger partial charge in [-0.3, -0.25) is 4.90 Å². The Balaban J connectivity index is 1.58. The molecule has 5 heteroatoms. The summed E-state index contributed by atoms with van der Waals surface area (Å²) in [5, 5.41) is 4.72. The molecule has 1 aromatic heterocycles. The maximum Gasteiger partial charge on any atom is 0.185 e. The van der Waals surface area contributed by atoms with Crippen LogP contribution in [0.5, 0.6) is 0 Å². The highest BCUT2D eigenvalue weighted by Crippen LogP contribution is 2.32. The van der Waals surface area contributed by atoms with Crippen LogP contribution in [0.3, 0.4) is 0 Å². The van der Waals surface area contributed by atoms with Crippen LogP contribution in [0.4, 0.5) is 5.13 Å². The summed E-state index contributed by atoms with van der Waals surface area (Å²) >= 11 is 1.88. The van der Waals surface area contributed by atoms with E-state index in [1.165, 1.54) is 48.2 Å². The molecular weight excluding hydrogens is 280 g/mol. The highest BCUT2D eigenvalue weighted by atomic mass is 32.1. The molecule has 1 aliphatic carbocycles. The molecule has 2 heterocycles. The van der Waals surface area contributed by atoms with Crippen molar-refractivity contribution in [2.45, 2.75) is 39.7 Å². The van der Waals surface area contributed by atoms with Crippen molar-refractivity contribution < 1.29 is 0 Å². The summed E-state index contributed by atoms with van der Waals surface area (Å²) in [5.41, 5.74) is 1.20. The van der Waals surface area contributed by atoms with E-state index in [2.05, 4.69) is 35.9 Å². The van der Waals surface area contributed by atoms with Crippen LogP contribution in [0.15, 0.2) is 0 Å². The van der Waals surface area contributed by atoms with Crippen LogP contribution in [0.25, 0.3) is 0 Å². The topological polar surface area (TPSA) is 31.4 Å². The maximum absolute atomic E-state index is 4.82. The Morgan fingerprint density at radius 3 is 2.62 bits per heavy atom. The second-order valence-corrected chi connectivity index (χ2v) is 7.47. The minimum Gasteiger partial charge on any atom is -0.346 e. The fraction of sp³-hybridized carbons (Fsp3) is 0.812. The standard InChI is InChI=1S/C16H28N4S/c1-4-17-12(2)15-13(3)18-16(21-15)20-9-7-19(8-10-20)11-14-5-6-14/h12,14,17H,4-11H2,1-3H3. The quantitative estimate of drug-likeness (QED) is 0.875. The van der Waals surface area contributed by atoms with Crippen molar-refractivity contribution in [2.75, 3.05) is 44.2 Å². The minimum atomic E-state index is 0.414. The normalized spacial score (nSPS) is 21.8. The number of hydrogen-bond acceptors (Lipinski definition) is 5. The lowest BCUT2D eigenvalue weighted by atomic mass is 10.2. The van der Waals surface area contributed by atoms with Crippen molar-refractivity contribution in [3.63, 3.8) is 0 Å². The van der Waals surface area contributed by atoms with Gasteiger partial charge in [0.15, 0.2) is 5.13 Å². The van der Waals surface area contributed by atoms with Gasteiger partial charge < -0.3 is 10.2 Å². The van der Waals surface area contributed by atoms with E-state index in [-0.39, 0.29) is 0 Å². The van der Waals surface area contributed by atoms with E-state index in [0.717, 1.165) is 25.6 Å². The first-order valence-electron chi connectivity index (χ1n) is 8.35. The van der Waals surface area contributed by atoms with E-state index < -0.39 is 0 Å². The van der Waals surface area contributed by atoms with Gasteiger partial charge in [0.1, 0.15) is 0 Å². The van der Waals surface area contributed by atoms with Crippen molar-refractivity contribution in [3.05, 3.63) is 10.6 Å². The van der Waals surface area contributed by atoms with Gasteiger partial charge in [0.25, 0.3) is 0 Å². The SMILES string of the molecule is CCNC(C)c1sc(N2CCN(CC3CC3)CC2)nc1C. The van der Waals surface area contributed by atoms with Crippen molar-refractivity contribution in [2.24, 2.45) is 5.92 Å². The Bertz CT molecular complexity index is 461. The molecule has 3 rings (SSSR count). The third-order valence-corrected chi connectivity index (χ3v) is 5.98. The van der Waals surface area contributed by atoms with E-state index in [0.29, 0.717) is 6.04 Å². The smallest absolute Gasteiger partial charge is 0.185 e. The molecule has 1 saturated carbocycles. The van der Waals surface area contributed by atoms with Crippen molar-refractivity contribution in [3.8, 4) is 0 Å². The first kappa shape index (κ1) is 15.3. The molecule has 1 aromatic rings. The lowest BCUT2D eigenvalue weighted by molar-refractivity contribution is 0.248. The van der Waals surface area contributed by atoms with Gasteiger partial charge in [0.2, 0.25) is 0 Å². The third kappa shape index (κ3) is 3.76. The predicted molar refractivity (Wildman–Crippen MR) is 90.3 cm³/mol. The van der Waals surface area contributed by atoms with Crippen LogP contribution < -0.4 is 10.2 Å². The predicted octanol–water partition coefficient (Wildman–Crippen LogP) is 2.65. The molecule has 1 N–H and O–H groups in total. The van der Waals surface area contributed by atoms with Crippen LogP contribution in [0.2, 0.25) is 0 Å². The maximum atomic E-state index is 4.82. The Hall–Kier alpha value is -0.650. The van der Waals surface area contributed by atoms with E-state index >= 15 is 0 Å². The summed E-state index contributed by atoms with van der Waals surface area (Å²) in [4.78, 5) is 11.3. The number of nitrogens with zero attached hydrogens (tertiary/aromatic N) is 3. The lowest BCUT2D eigenvalue weighted by Gasteiger charge is -2.34. The molecular formula is C16H28N4S. The number of hydrogen-bond donors (Lipinski definition) is 1. The summed E-state index contributed by atoms with van der Waals surface area (Å²) in [5.74, 6) is 1.01. The van der Waals surface area contributed by atoms with Gasteiger partial charge in [-0.2, -0.15) is 0 Å². The van der Waals surface area contributed by atoms with Gasteiger partial charge in [0, 0.05) is 43.6 Å². The Kier molecular flexibility index (Phi) is 4.82. The van der Waals surface area contributed by atoms with E-state index in [1.807, 2.05) is 11.3 Å². The molecule has 4 nitrogen and oxygen atoms in total. The Morgan fingerprint density at radius 2 is 2.00 bits per heavy atom. The molecule has 2 aliphatic rings. The van der Waals surface area contributed by atoms with Crippen LogP contribution in [0, 0.1) is 12.8 Å². The molecule has 0 amide bonds. The van der Waals surface area contributed by atoms with Crippen LogP contribution >= 0.6 is 11.3 Å². The average Bonchev–Trinajstić information content (AvgIpc) is 3.20. The summed E-state index contributed by atoms with van der Waals surface area (Å²) in [6.07, 6.45) is 2.91. The average molecular weight is 308 g/mol. The summed E-state index contributed by atoms with van der Waals surface area (Å²) in [6, 6.07) is 0.414. The monoisotopic (exact) mass is 308 g/mol. The second kappa shape index (κ2) is 6.63. The van der Waals surface area contributed by atoms with Gasteiger partial charge >= 0.3 is 0 Å². The molecule has 1 unspecified atom stereocenters.